The maximum Gasteiger partial charge on any atom is 0.220 e. The van der Waals surface area contributed by atoms with E-state index in [1.165, 1.54) is 24.0 Å². The van der Waals surface area contributed by atoms with Crippen LogP contribution in [0.1, 0.15) is 49.7 Å². The lowest BCUT2D eigenvalue weighted by Crippen LogP contribution is -2.33. The summed E-state index contributed by atoms with van der Waals surface area (Å²) in [7, 11) is 0. The molecule has 1 heterocycles. The quantitative estimate of drug-likeness (QED) is 0.842. The van der Waals surface area contributed by atoms with E-state index in [0.29, 0.717) is 6.42 Å². The zero-order valence-corrected chi connectivity index (χ0v) is 14.5. The lowest BCUT2D eigenvalue weighted by Gasteiger charge is -2.22. The summed E-state index contributed by atoms with van der Waals surface area (Å²) in [6.07, 6.45) is 4.23. The highest BCUT2D eigenvalue weighted by Gasteiger charge is 2.15. The number of nitrogens with one attached hydrogen (secondary N) is 2. The first-order chi connectivity index (χ1) is 10.2. The molecule has 2 rings (SSSR count). The predicted octanol–water partition coefficient (Wildman–Crippen LogP) is 3.42. The van der Waals surface area contributed by atoms with Crippen LogP contribution in [0.2, 0.25) is 0 Å². The van der Waals surface area contributed by atoms with Crippen LogP contribution in [0.4, 0.5) is 0 Å². The monoisotopic (exact) mass is 324 g/mol. The average Bonchev–Trinajstić information content (AvgIpc) is 2.48. The van der Waals surface area contributed by atoms with Crippen LogP contribution in [0.3, 0.4) is 0 Å². The van der Waals surface area contributed by atoms with E-state index in [1.54, 1.807) is 0 Å². The minimum Gasteiger partial charge on any atom is -0.356 e. The maximum absolute atomic E-state index is 12.1. The van der Waals surface area contributed by atoms with Crippen LogP contribution >= 0.6 is 12.4 Å². The Morgan fingerprint density at radius 2 is 2.18 bits per heavy atom. The van der Waals surface area contributed by atoms with Gasteiger partial charge in [-0.05, 0) is 62.2 Å². The second-order valence-electron chi connectivity index (χ2n) is 6.31. The highest BCUT2D eigenvalue weighted by Crippen LogP contribution is 2.22. The minimum atomic E-state index is 0. The fourth-order valence-electron chi connectivity index (χ4n) is 3.19. The molecule has 1 aromatic carbocycles. The van der Waals surface area contributed by atoms with Gasteiger partial charge in [-0.15, -0.1) is 12.4 Å². The molecule has 1 aliphatic heterocycles. The lowest BCUT2D eigenvalue weighted by molar-refractivity contribution is -0.121. The number of piperidine rings is 1. The highest BCUT2D eigenvalue weighted by atomic mass is 35.5. The average molecular weight is 325 g/mol. The van der Waals surface area contributed by atoms with E-state index < -0.39 is 0 Å². The summed E-state index contributed by atoms with van der Waals surface area (Å²) in [5.41, 5.74) is 2.55. The first kappa shape index (κ1) is 19.0. The molecule has 22 heavy (non-hydrogen) atoms. The second-order valence-corrected chi connectivity index (χ2v) is 6.31. The zero-order chi connectivity index (χ0) is 15.1. The van der Waals surface area contributed by atoms with Gasteiger partial charge in [0, 0.05) is 13.0 Å². The van der Waals surface area contributed by atoms with Crippen LogP contribution in [-0.2, 0) is 4.79 Å². The Hall–Kier alpha value is -1.06. The number of hydrogen-bond acceptors (Lipinski definition) is 2. The van der Waals surface area contributed by atoms with Gasteiger partial charge in [0.1, 0.15) is 0 Å². The highest BCUT2D eigenvalue weighted by molar-refractivity contribution is 5.85. The summed E-state index contributed by atoms with van der Waals surface area (Å²) in [6.45, 7) is 7.31. The number of carbonyl (C=O) groups excluding carboxylic acids is 1. The third-order valence-corrected chi connectivity index (χ3v) is 4.48. The smallest absolute Gasteiger partial charge is 0.220 e. The molecule has 2 atom stereocenters. The van der Waals surface area contributed by atoms with Crippen LogP contribution in [0.15, 0.2) is 24.3 Å². The van der Waals surface area contributed by atoms with Gasteiger partial charge in [0.05, 0.1) is 0 Å². The first-order valence-electron chi connectivity index (χ1n) is 8.19. The summed E-state index contributed by atoms with van der Waals surface area (Å²) in [5, 5.41) is 6.50. The van der Waals surface area contributed by atoms with E-state index in [4.69, 9.17) is 0 Å². The van der Waals surface area contributed by atoms with Crippen molar-refractivity contribution in [2.45, 2.75) is 45.4 Å². The standard InChI is InChI=1S/C18H28N2O.ClH/c1-14-6-3-4-8-17(14)15(2)12-18(21)20-11-9-16-7-5-10-19-13-16;/h3-4,6,8,15-16,19H,5,7,9-13H2,1-2H3,(H,20,21);1H. The molecule has 0 bridgehead atoms. The van der Waals surface area contributed by atoms with Crippen LogP contribution < -0.4 is 10.6 Å². The number of hydrogen-bond donors (Lipinski definition) is 2. The molecular weight excluding hydrogens is 296 g/mol. The topological polar surface area (TPSA) is 41.1 Å². The molecule has 3 nitrogen and oxygen atoms in total. The fourth-order valence-corrected chi connectivity index (χ4v) is 3.19. The summed E-state index contributed by atoms with van der Waals surface area (Å²) in [5.74, 6) is 1.19. The molecule has 1 aromatic rings. The molecule has 1 amide bonds. The van der Waals surface area contributed by atoms with Crippen molar-refractivity contribution < 1.29 is 4.79 Å². The first-order valence-corrected chi connectivity index (χ1v) is 8.19. The molecule has 0 saturated carbocycles. The Bertz CT molecular complexity index is 458. The van der Waals surface area contributed by atoms with Gasteiger partial charge in [-0.3, -0.25) is 4.79 Å². The van der Waals surface area contributed by atoms with Crippen molar-refractivity contribution in [1.29, 1.82) is 0 Å². The van der Waals surface area contributed by atoms with Crippen LogP contribution in [-0.4, -0.2) is 25.5 Å². The molecule has 0 spiro atoms. The lowest BCUT2D eigenvalue weighted by atomic mass is 9.93. The van der Waals surface area contributed by atoms with Gasteiger partial charge in [0.15, 0.2) is 0 Å². The van der Waals surface area contributed by atoms with Gasteiger partial charge in [-0.25, -0.2) is 0 Å². The summed E-state index contributed by atoms with van der Waals surface area (Å²) >= 11 is 0. The van der Waals surface area contributed by atoms with Crippen molar-refractivity contribution in [3.8, 4) is 0 Å². The molecule has 4 heteroatoms. The molecule has 0 aliphatic carbocycles. The summed E-state index contributed by atoms with van der Waals surface area (Å²) in [6, 6.07) is 8.33. The van der Waals surface area contributed by atoms with Gasteiger partial charge in [-0.1, -0.05) is 31.2 Å². The van der Waals surface area contributed by atoms with Crippen LogP contribution in [0.5, 0.6) is 0 Å². The van der Waals surface area contributed by atoms with Gasteiger partial charge in [-0.2, -0.15) is 0 Å². The molecule has 0 aromatic heterocycles. The Balaban J connectivity index is 0.00000242. The number of amides is 1. The second kappa shape index (κ2) is 9.86. The van der Waals surface area contributed by atoms with Gasteiger partial charge in [0.2, 0.25) is 5.91 Å². The van der Waals surface area contributed by atoms with Crippen molar-refractivity contribution in [2.24, 2.45) is 5.92 Å². The molecule has 1 fully saturated rings. The van der Waals surface area contributed by atoms with Crippen molar-refractivity contribution >= 4 is 18.3 Å². The van der Waals surface area contributed by atoms with Crippen molar-refractivity contribution in [2.75, 3.05) is 19.6 Å². The molecule has 2 N–H and O–H groups in total. The number of halogens is 1. The molecular formula is C18H29ClN2O. The Kier molecular flexibility index (Phi) is 8.51. The van der Waals surface area contributed by atoms with E-state index in [1.807, 2.05) is 12.1 Å². The van der Waals surface area contributed by atoms with E-state index >= 15 is 0 Å². The zero-order valence-electron chi connectivity index (χ0n) is 13.7. The molecule has 1 saturated heterocycles. The number of rotatable bonds is 6. The van der Waals surface area contributed by atoms with Crippen molar-refractivity contribution in [1.82, 2.24) is 10.6 Å². The summed E-state index contributed by atoms with van der Waals surface area (Å²) < 4.78 is 0. The normalized spacial score (nSPS) is 19.1. The molecule has 2 unspecified atom stereocenters. The summed E-state index contributed by atoms with van der Waals surface area (Å²) in [4.78, 5) is 12.1. The molecule has 1 aliphatic rings. The fraction of sp³-hybridized carbons (Fsp3) is 0.611. The Morgan fingerprint density at radius 3 is 2.86 bits per heavy atom. The Labute approximate surface area is 140 Å². The number of carbonyl (C=O) groups is 1. The predicted molar refractivity (Wildman–Crippen MR) is 94.7 cm³/mol. The largest absolute Gasteiger partial charge is 0.356 e. The van der Waals surface area contributed by atoms with Crippen molar-refractivity contribution in [3.05, 3.63) is 35.4 Å². The van der Waals surface area contributed by atoms with Gasteiger partial charge >= 0.3 is 0 Å². The van der Waals surface area contributed by atoms with Crippen molar-refractivity contribution in [3.63, 3.8) is 0 Å². The van der Waals surface area contributed by atoms with E-state index in [-0.39, 0.29) is 24.2 Å². The Morgan fingerprint density at radius 1 is 1.41 bits per heavy atom. The van der Waals surface area contributed by atoms with Gasteiger partial charge in [0.25, 0.3) is 0 Å². The molecule has 124 valence electrons. The molecule has 0 radical (unpaired) electrons. The minimum absolute atomic E-state index is 0. The number of aryl methyl sites for hydroxylation is 1. The van der Waals surface area contributed by atoms with E-state index in [9.17, 15) is 4.79 Å². The maximum atomic E-state index is 12.1. The van der Waals surface area contributed by atoms with E-state index in [0.717, 1.165) is 32.0 Å². The van der Waals surface area contributed by atoms with Crippen LogP contribution in [0.25, 0.3) is 0 Å². The number of benzene rings is 1. The SMILES string of the molecule is Cc1ccccc1C(C)CC(=O)NCCC1CCCNC1.Cl. The van der Waals surface area contributed by atoms with E-state index in [2.05, 4.69) is 36.6 Å². The van der Waals surface area contributed by atoms with Crippen LogP contribution in [0, 0.1) is 12.8 Å². The third kappa shape index (κ3) is 5.98. The third-order valence-electron chi connectivity index (χ3n) is 4.48. The van der Waals surface area contributed by atoms with Gasteiger partial charge < -0.3 is 10.6 Å².